The molecule has 0 saturated heterocycles. The van der Waals surface area contributed by atoms with E-state index in [0.29, 0.717) is 11.3 Å². The molecule has 5 nitrogen and oxygen atoms in total. The quantitative estimate of drug-likeness (QED) is 0.658. The number of aromatic hydroxyl groups is 1. The van der Waals surface area contributed by atoms with Gasteiger partial charge >= 0.3 is 0 Å². The molecule has 0 radical (unpaired) electrons. The maximum absolute atomic E-state index is 12.2. The van der Waals surface area contributed by atoms with Crippen LogP contribution in [-0.4, -0.2) is 23.8 Å². The van der Waals surface area contributed by atoms with Crippen LogP contribution >= 0.6 is 0 Å². The van der Waals surface area contributed by atoms with Gasteiger partial charge in [-0.15, -0.1) is 0 Å². The zero-order valence-electron chi connectivity index (χ0n) is 12.5. The predicted octanol–water partition coefficient (Wildman–Crippen LogP) is 2.62. The van der Waals surface area contributed by atoms with Crippen LogP contribution in [0.15, 0.2) is 59.7 Å². The molecular weight excluding hydrogens is 280 g/mol. The molecule has 0 fully saturated rings. The number of hydrogen-bond acceptors (Lipinski definition) is 4. The number of carbonyl (C=O) groups excluding carboxylic acids is 1. The number of phenols is 1. The molecule has 1 unspecified atom stereocenters. The zero-order valence-corrected chi connectivity index (χ0v) is 12.5. The second-order valence-electron chi connectivity index (χ2n) is 4.72. The molecule has 0 heterocycles. The molecular formula is C17H18N2O3. The van der Waals surface area contributed by atoms with E-state index in [9.17, 15) is 9.90 Å². The van der Waals surface area contributed by atoms with Crippen molar-refractivity contribution in [1.82, 2.24) is 5.43 Å². The molecule has 114 valence electrons. The molecule has 0 aliphatic carbocycles. The van der Waals surface area contributed by atoms with Crippen LogP contribution in [0, 0.1) is 0 Å². The van der Waals surface area contributed by atoms with Crippen molar-refractivity contribution >= 4 is 11.6 Å². The summed E-state index contributed by atoms with van der Waals surface area (Å²) in [4.78, 5) is 12.2. The molecule has 0 saturated carbocycles. The number of rotatable bonds is 5. The normalized spacial score (nSPS) is 12.7. The van der Waals surface area contributed by atoms with Crippen molar-refractivity contribution in [3.63, 3.8) is 0 Å². The van der Waals surface area contributed by atoms with E-state index in [2.05, 4.69) is 10.5 Å². The topological polar surface area (TPSA) is 70.9 Å². The van der Waals surface area contributed by atoms with Crippen LogP contribution in [-0.2, 0) is 9.53 Å². The van der Waals surface area contributed by atoms with E-state index in [1.807, 2.05) is 30.3 Å². The lowest BCUT2D eigenvalue weighted by Gasteiger charge is -2.14. The first-order valence-electron chi connectivity index (χ1n) is 6.83. The van der Waals surface area contributed by atoms with E-state index >= 15 is 0 Å². The third kappa shape index (κ3) is 3.71. The Morgan fingerprint density at radius 2 is 1.77 bits per heavy atom. The Morgan fingerprint density at radius 3 is 2.41 bits per heavy atom. The van der Waals surface area contributed by atoms with Gasteiger partial charge in [0.2, 0.25) is 0 Å². The summed E-state index contributed by atoms with van der Waals surface area (Å²) in [6.07, 6.45) is -0.734. The lowest BCUT2D eigenvalue weighted by atomic mass is 10.1. The second kappa shape index (κ2) is 7.38. The van der Waals surface area contributed by atoms with Gasteiger partial charge in [0.25, 0.3) is 5.91 Å². The van der Waals surface area contributed by atoms with Crippen LogP contribution in [0.3, 0.4) is 0 Å². The van der Waals surface area contributed by atoms with Crippen molar-refractivity contribution < 1.29 is 14.6 Å². The highest BCUT2D eigenvalue weighted by Crippen LogP contribution is 2.18. The summed E-state index contributed by atoms with van der Waals surface area (Å²) in [6, 6.07) is 16.0. The van der Waals surface area contributed by atoms with Gasteiger partial charge < -0.3 is 9.84 Å². The number of hydrogen-bond donors (Lipinski definition) is 2. The fraction of sp³-hybridized carbons (Fsp3) is 0.176. The van der Waals surface area contributed by atoms with E-state index in [0.717, 1.165) is 5.56 Å². The summed E-state index contributed by atoms with van der Waals surface area (Å²) >= 11 is 0. The van der Waals surface area contributed by atoms with Gasteiger partial charge in [0.05, 0.1) is 5.71 Å². The van der Waals surface area contributed by atoms with Crippen LogP contribution in [0.5, 0.6) is 5.75 Å². The van der Waals surface area contributed by atoms with Crippen LogP contribution in [0.1, 0.15) is 24.2 Å². The van der Waals surface area contributed by atoms with Gasteiger partial charge in [-0.1, -0.05) is 42.5 Å². The van der Waals surface area contributed by atoms with E-state index in [4.69, 9.17) is 4.74 Å². The molecule has 5 heteroatoms. The molecule has 2 rings (SSSR count). The first-order valence-corrected chi connectivity index (χ1v) is 6.83. The Balaban J connectivity index is 2.11. The highest BCUT2D eigenvalue weighted by atomic mass is 16.5. The number of phenolic OH excluding ortho intramolecular Hbond substituents is 1. The third-order valence-corrected chi connectivity index (χ3v) is 3.20. The molecule has 0 aliphatic heterocycles. The Kier molecular flexibility index (Phi) is 5.27. The number of para-hydroxylation sites is 1. The van der Waals surface area contributed by atoms with Gasteiger partial charge in [0.15, 0.2) is 6.10 Å². The molecule has 2 N–H and O–H groups in total. The Labute approximate surface area is 129 Å². The first kappa shape index (κ1) is 15.7. The fourth-order valence-electron chi connectivity index (χ4n) is 2.06. The molecule has 1 amide bonds. The van der Waals surface area contributed by atoms with Crippen LogP contribution in [0.4, 0.5) is 0 Å². The molecule has 1 atom stereocenters. The summed E-state index contributed by atoms with van der Waals surface area (Å²) in [6.45, 7) is 1.71. The van der Waals surface area contributed by atoms with Gasteiger partial charge in [-0.2, -0.15) is 5.10 Å². The van der Waals surface area contributed by atoms with Crippen molar-refractivity contribution in [2.45, 2.75) is 13.0 Å². The van der Waals surface area contributed by atoms with Gasteiger partial charge in [-0.25, -0.2) is 5.43 Å². The summed E-state index contributed by atoms with van der Waals surface area (Å²) < 4.78 is 5.23. The molecule has 0 spiro atoms. The van der Waals surface area contributed by atoms with Gasteiger partial charge in [0, 0.05) is 12.7 Å². The summed E-state index contributed by atoms with van der Waals surface area (Å²) in [7, 11) is 1.47. The lowest BCUT2D eigenvalue weighted by molar-refractivity contribution is -0.131. The Bertz CT molecular complexity index is 669. The first-order chi connectivity index (χ1) is 10.6. The molecule has 2 aromatic rings. The number of hydrazone groups is 1. The molecule has 0 aromatic heterocycles. The van der Waals surface area contributed by atoms with Crippen molar-refractivity contribution in [3.05, 3.63) is 65.7 Å². The van der Waals surface area contributed by atoms with Gasteiger partial charge in [-0.3, -0.25) is 4.79 Å². The maximum atomic E-state index is 12.2. The number of carbonyl (C=O) groups is 1. The summed E-state index contributed by atoms with van der Waals surface area (Å²) in [5.41, 5.74) is 4.29. The molecule has 22 heavy (non-hydrogen) atoms. The maximum Gasteiger partial charge on any atom is 0.273 e. The van der Waals surface area contributed by atoms with Crippen molar-refractivity contribution in [3.8, 4) is 5.75 Å². The van der Waals surface area contributed by atoms with Gasteiger partial charge in [-0.05, 0) is 24.6 Å². The SMILES string of the molecule is COC(C(=O)NN=C(C)c1ccccc1O)c1ccccc1. The summed E-state index contributed by atoms with van der Waals surface area (Å²) in [5, 5.41) is 13.8. The van der Waals surface area contributed by atoms with Crippen LogP contribution < -0.4 is 5.43 Å². The number of ether oxygens (including phenoxy) is 1. The molecule has 0 aliphatic rings. The lowest BCUT2D eigenvalue weighted by Crippen LogP contribution is -2.27. The predicted molar refractivity (Wildman–Crippen MR) is 84.7 cm³/mol. The van der Waals surface area contributed by atoms with Crippen molar-refractivity contribution in [2.24, 2.45) is 5.10 Å². The number of methoxy groups -OCH3 is 1. The largest absolute Gasteiger partial charge is 0.507 e. The average molecular weight is 298 g/mol. The van der Waals surface area contributed by atoms with E-state index in [1.54, 1.807) is 31.2 Å². The smallest absolute Gasteiger partial charge is 0.273 e. The Morgan fingerprint density at radius 1 is 1.14 bits per heavy atom. The minimum Gasteiger partial charge on any atom is -0.507 e. The third-order valence-electron chi connectivity index (χ3n) is 3.20. The average Bonchev–Trinajstić information content (AvgIpc) is 2.55. The highest BCUT2D eigenvalue weighted by Gasteiger charge is 2.19. The molecule has 0 bridgehead atoms. The minimum absolute atomic E-state index is 0.115. The minimum atomic E-state index is -0.734. The van der Waals surface area contributed by atoms with Crippen molar-refractivity contribution in [2.75, 3.05) is 7.11 Å². The summed E-state index contributed by atoms with van der Waals surface area (Å²) in [5.74, 6) is -0.257. The Hall–Kier alpha value is -2.66. The van der Waals surface area contributed by atoms with Crippen molar-refractivity contribution in [1.29, 1.82) is 0 Å². The van der Waals surface area contributed by atoms with Crippen LogP contribution in [0.25, 0.3) is 0 Å². The van der Waals surface area contributed by atoms with Gasteiger partial charge in [0.1, 0.15) is 5.75 Å². The monoisotopic (exact) mass is 298 g/mol. The number of nitrogens with zero attached hydrogens (tertiary/aromatic N) is 1. The number of nitrogens with one attached hydrogen (secondary N) is 1. The standard InChI is InChI=1S/C17H18N2O3/c1-12(14-10-6-7-11-15(14)20)18-19-17(21)16(22-2)13-8-4-3-5-9-13/h3-11,16,20H,1-2H3,(H,19,21). The van der Waals surface area contributed by atoms with E-state index < -0.39 is 6.10 Å². The van der Waals surface area contributed by atoms with Crippen LogP contribution in [0.2, 0.25) is 0 Å². The van der Waals surface area contributed by atoms with E-state index in [-0.39, 0.29) is 11.7 Å². The molecule has 2 aromatic carbocycles. The fourth-order valence-corrected chi connectivity index (χ4v) is 2.06. The van der Waals surface area contributed by atoms with E-state index in [1.165, 1.54) is 7.11 Å². The number of amides is 1. The highest BCUT2D eigenvalue weighted by molar-refractivity contribution is 6.01. The second-order valence-corrected chi connectivity index (χ2v) is 4.72. The number of benzene rings is 2. The zero-order chi connectivity index (χ0) is 15.9.